The Bertz CT molecular complexity index is 475. The number of ether oxygens (including phenoxy) is 1. The number of aromatic nitrogens is 1. The Morgan fingerprint density at radius 1 is 1.50 bits per heavy atom. The molecule has 1 saturated heterocycles. The maximum absolute atomic E-state index is 12.4. The van der Waals surface area contributed by atoms with E-state index >= 15 is 0 Å². The molecule has 0 aliphatic carbocycles. The molecule has 0 atom stereocenters. The minimum absolute atomic E-state index is 0.0303. The van der Waals surface area contributed by atoms with Crippen LogP contribution in [-0.4, -0.2) is 49.6 Å². The Labute approximate surface area is 124 Å². The van der Waals surface area contributed by atoms with E-state index in [-0.39, 0.29) is 5.91 Å². The van der Waals surface area contributed by atoms with Crippen molar-refractivity contribution in [1.82, 2.24) is 9.88 Å². The molecule has 1 N–H and O–H groups in total. The minimum Gasteiger partial charge on any atom is -0.381 e. The molecular weight excluding hydrogens is 278 g/mol. The predicted octanol–water partition coefficient (Wildman–Crippen LogP) is 2.28. The van der Waals surface area contributed by atoms with Crippen LogP contribution in [0.3, 0.4) is 0 Å². The average molecular weight is 298 g/mol. The van der Waals surface area contributed by atoms with E-state index in [0.717, 1.165) is 32.6 Å². The smallest absolute Gasteiger partial charge is 0.253 e. The number of hydrogen-bond acceptors (Lipinski definition) is 4. The summed E-state index contributed by atoms with van der Waals surface area (Å²) in [7, 11) is 3.57. The number of rotatable bonds is 4. The zero-order valence-corrected chi connectivity index (χ0v) is 12.6. The van der Waals surface area contributed by atoms with Crippen LogP contribution in [0.15, 0.2) is 12.1 Å². The van der Waals surface area contributed by atoms with Gasteiger partial charge in [-0.3, -0.25) is 4.79 Å². The van der Waals surface area contributed by atoms with Crippen LogP contribution >= 0.6 is 11.6 Å². The van der Waals surface area contributed by atoms with E-state index in [1.165, 1.54) is 0 Å². The van der Waals surface area contributed by atoms with Crippen molar-refractivity contribution in [2.45, 2.75) is 12.8 Å². The van der Waals surface area contributed by atoms with Crippen molar-refractivity contribution in [2.24, 2.45) is 5.92 Å². The van der Waals surface area contributed by atoms with Crippen molar-refractivity contribution >= 4 is 23.3 Å². The number of hydrogen-bond donors (Lipinski definition) is 1. The molecule has 6 heteroatoms. The first kappa shape index (κ1) is 15.1. The number of pyridine rings is 1. The van der Waals surface area contributed by atoms with Gasteiger partial charge in [-0.2, -0.15) is 0 Å². The number of halogens is 1. The molecule has 0 spiro atoms. The molecule has 1 amide bonds. The summed E-state index contributed by atoms with van der Waals surface area (Å²) < 4.78 is 5.33. The Morgan fingerprint density at radius 3 is 2.85 bits per heavy atom. The van der Waals surface area contributed by atoms with E-state index in [2.05, 4.69) is 10.3 Å². The van der Waals surface area contributed by atoms with Crippen molar-refractivity contribution < 1.29 is 9.53 Å². The van der Waals surface area contributed by atoms with Crippen LogP contribution in [0.5, 0.6) is 0 Å². The highest BCUT2D eigenvalue weighted by Gasteiger charge is 2.20. The van der Waals surface area contributed by atoms with Gasteiger partial charge in [0.15, 0.2) is 0 Å². The zero-order chi connectivity index (χ0) is 14.5. The Hall–Kier alpha value is -1.33. The minimum atomic E-state index is -0.0303. The van der Waals surface area contributed by atoms with Gasteiger partial charge < -0.3 is 15.0 Å². The molecule has 0 bridgehead atoms. The number of amides is 1. The molecule has 0 radical (unpaired) electrons. The van der Waals surface area contributed by atoms with Crippen molar-refractivity contribution in [3.05, 3.63) is 22.8 Å². The first-order chi connectivity index (χ1) is 9.60. The fraction of sp³-hybridized carbons (Fsp3) is 0.571. The second kappa shape index (κ2) is 6.90. The van der Waals surface area contributed by atoms with Gasteiger partial charge in [0.1, 0.15) is 11.0 Å². The van der Waals surface area contributed by atoms with Gasteiger partial charge in [0.2, 0.25) is 0 Å². The molecule has 5 nitrogen and oxygen atoms in total. The molecule has 0 unspecified atom stereocenters. The lowest BCUT2D eigenvalue weighted by Gasteiger charge is -2.27. The van der Waals surface area contributed by atoms with Crippen LogP contribution in [0, 0.1) is 5.92 Å². The summed E-state index contributed by atoms with van der Waals surface area (Å²) in [6.07, 6.45) is 2.02. The molecule has 2 heterocycles. The standard InChI is InChI=1S/C14H20ClN3O2/c1-16-13-8-11(7-12(15)17-13)14(19)18(2)9-10-3-5-20-6-4-10/h7-8,10H,3-6,9H2,1-2H3,(H,16,17). The second-order valence-electron chi connectivity index (χ2n) is 5.06. The van der Waals surface area contributed by atoms with Gasteiger partial charge in [0.25, 0.3) is 5.91 Å². The molecule has 2 rings (SSSR count). The summed E-state index contributed by atoms with van der Waals surface area (Å²) in [5, 5.41) is 3.22. The van der Waals surface area contributed by atoms with E-state index in [1.54, 1.807) is 24.1 Å². The number of nitrogens with zero attached hydrogens (tertiary/aromatic N) is 2. The summed E-state index contributed by atoms with van der Waals surface area (Å²) >= 11 is 5.93. The van der Waals surface area contributed by atoms with Gasteiger partial charge >= 0.3 is 0 Å². The van der Waals surface area contributed by atoms with Gasteiger partial charge in [-0.1, -0.05) is 11.6 Å². The summed E-state index contributed by atoms with van der Waals surface area (Å²) in [4.78, 5) is 18.2. The van der Waals surface area contributed by atoms with Crippen molar-refractivity contribution in [1.29, 1.82) is 0 Å². The number of anilines is 1. The molecule has 1 aliphatic rings. The maximum Gasteiger partial charge on any atom is 0.253 e. The van der Waals surface area contributed by atoms with Crippen LogP contribution in [0.1, 0.15) is 23.2 Å². The lowest BCUT2D eigenvalue weighted by Crippen LogP contribution is -2.34. The first-order valence-electron chi connectivity index (χ1n) is 6.78. The molecule has 1 aromatic heterocycles. The van der Waals surface area contributed by atoms with E-state index in [1.807, 2.05) is 7.05 Å². The molecule has 1 aliphatic heterocycles. The third-order valence-electron chi connectivity index (χ3n) is 3.52. The highest BCUT2D eigenvalue weighted by atomic mass is 35.5. The fourth-order valence-electron chi connectivity index (χ4n) is 2.37. The first-order valence-corrected chi connectivity index (χ1v) is 7.16. The van der Waals surface area contributed by atoms with Crippen molar-refractivity contribution in [2.75, 3.05) is 39.2 Å². The van der Waals surface area contributed by atoms with E-state index in [4.69, 9.17) is 16.3 Å². The topological polar surface area (TPSA) is 54.5 Å². The summed E-state index contributed by atoms with van der Waals surface area (Å²) in [6.45, 7) is 2.33. The fourth-order valence-corrected chi connectivity index (χ4v) is 2.58. The maximum atomic E-state index is 12.4. The molecule has 1 fully saturated rings. The molecule has 20 heavy (non-hydrogen) atoms. The largest absolute Gasteiger partial charge is 0.381 e. The van der Waals surface area contributed by atoms with Crippen LogP contribution in [-0.2, 0) is 4.74 Å². The highest BCUT2D eigenvalue weighted by molar-refractivity contribution is 6.29. The molecule has 0 aromatic carbocycles. The summed E-state index contributed by atoms with van der Waals surface area (Å²) in [6, 6.07) is 3.32. The van der Waals surface area contributed by atoms with E-state index in [0.29, 0.717) is 22.5 Å². The zero-order valence-electron chi connectivity index (χ0n) is 11.9. The van der Waals surface area contributed by atoms with Gasteiger partial charge in [0.05, 0.1) is 0 Å². The summed E-state index contributed by atoms with van der Waals surface area (Å²) in [5.74, 6) is 1.08. The van der Waals surface area contributed by atoms with Gasteiger partial charge in [-0.15, -0.1) is 0 Å². The highest BCUT2D eigenvalue weighted by Crippen LogP contribution is 2.19. The SMILES string of the molecule is CNc1cc(C(=O)N(C)CC2CCOCC2)cc(Cl)n1. The molecular formula is C14H20ClN3O2. The monoisotopic (exact) mass is 297 g/mol. The average Bonchev–Trinajstić information content (AvgIpc) is 2.46. The molecule has 110 valence electrons. The molecule has 1 aromatic rings. The number of carbonyl (C=O) groups excluding carboxylic acids is 1. The lowest BCUT2D eigenvalue weighted by molar-refractivity contribution is 0.0497. The second-order valence-corrected chi connectivity index (χ2v) is 5.44. The normalized spacial score (nSPS) is 15.9. The lowest BCUT2D eigenvalue weighted by atomic mass is 9.99. The van der Waals surface area contributed by atoms with Crippen LogP contribution < -0.4 is 5.32 Å². The van der Waals surface area contributed by atoms with Gasteiger partial charge in [-0.25, -0.2) is 4.98 Å². The van der Waals surface area contributed by atoms with Crippen LogP contribution in [0.25, 0.3) is 0 Å². The van der Waals surface area contributed by atoms with Gasteiger partial charge in [0, 0.05) is 39.4 Å². The van der Waals surface area contributed by atoms with Gasteiger partial charge in [-0.05, 0) is 30.9 Å². The van der Waals surface area contributed by atoms with Crippen molar-refractivity contribution in [3.63, 3.8) is 0 Å². The van der Waals surface area contributed by atoms with Crippen LogP contribution in [0.2, 0.25) is 5.15 Å². The Kier molecular flexibility index (Phi) is 5.20. The van der Waals surface area contributed by atoms with Crippen molar-refractivity contribution in [3.8, 4) is 0 Å². The predicted molar refractivity (Wildman–Crippen MR) is 79.3 cm³/mol. The number of nitrogens with one attached hydrogen (secondary N) is 1. The quantitative estimate of drug-likeness (QED) is 0.866. The Morgan fingerprint density at radius 2 is 2.20 bits per heavy atom. The van der Waals surface area contributed by atoms with Crippen LogP contribution in [0.4, 0.5) is 5.82 Å². The van der Waals surface area contributed by atoms with E-state index in [9.17, 15) is 4.79 Å². The third kappa shape index (κ3) is 3.84. The Balaban J connectivity index is 2.03. The van der Waals surface area contributed by atoms with E-state index < -0.39 is 0 Å². The third-order valence-corrected chi connectivity index (χ3v) is 3.71. The number of carbonyl (C=O) groups is 1. The summed E-state index contributed by atoms with van der Waals surface area (Å²) in [5.41, 5.74) is 0.559. The molecule has 0 saturated carbocycles.